The van der Waals surface area contributed by atoms with E-state index in [0.717, 1.165) is 16.8 Å². The lowest BCUT2D eigenvalue weighted by Gasteiger charge is -2.35. The molecule has 2 N–H and O–H groups in total. The van der Waals surface area contributed by atoms with Crippen LogP contribution >= 0.6 is 12.2 Å². The lowest BCUT2D eigenvalue weighted by Crippen LogP contribution is -2.46. The number of hydrogen-bond donors (Lipinski definition) is 2. The van der Waals surface area contributed by atoms with Gasteiger partial charge in [0.25, 0.3) is 0 Å². The third-order valence-corrected chi connectivity index (χ3v) is 5.24. The minimum absolute atomic E-state index is 0.241. The molecule has 162 valence electrons. The zero-order valence-electron chi connectivity index (χ0n) is 18.7. The van der Waals surface area contributed by atoms with Crippen LogP contribution in [0.25, 0.3) is 0 Å². The van der Waals surface area contributed by atoms with E-state index in [1.807, 2.05) is 37.3 Å². The fourth-order valence-electron chi connectivity index (χ4n) is 3.58. The van der Waals surface area contributed by atoms with Crippen molar-refractivity contribution in [2.24, 2.45) is 5.41 Å². The van der Waals surface area contributed by atoms with E-state index in [1.54, 1.807) is 0 Å². The van der Waals surface area contributed by atoms with Gasteiger partial charge in [-0.25, -0.2) is 0 Å². The van der Waals surface area contributed by atoms with Crippen LogP contribution < -0.4 is 20.1 Å². The van der Waals surface area contributed by atoms with Crippen molar-refractivity contribution in [2.75, 3.05) is 6.61 Å². The maximum Gasteiger partial charge on any atom is 0.171 e. The first kappa shape index (κ1) is 22.6. The van der Waals surface area contributed by atoms with Gasteiger partial charge in [-0.05, 0) is 49.3 Å². The quantitative estimate of drug-likeness (QED) is 0.599. The summed E-state index contributed by atoms with van der Waals surface area (Å²) in [6.45, 7) is 11.1. The molecule has 0 saturated carbocycles. The van der Waals surface area contributed by atoms with Crippen molar-refractivity contribution in [3.63, 3.8) is 0 Å². The highest BCUT2D eigenvalue weighted by molar-refractivity contribution is 7.80. The molecule has 1 aliphatic heterocycles. The van der Waals surface area contributed by atoms with Crippen LogP contribution in [-0.4, -0.2) is 11.7 Å². The van der Waals surface area contributed by atoms with Gasteiger partial charge in [0, 0.05) is 11.1 Å². The summed E-state index contributed by atoms with van der Waals surface area (Å²) in [5.74, 6) is 1.32. The second-order valence-electron chi connectivity index (χ2n) is 8.60. The molecule has 0 radical (unpaired) electrons. The van der Waals surface area contributed by atoms with Crippen molar-refractivity contribution in [3.05, 3.63) is 70.4 Å². The maximum atomic E-state index is 9.92. The Morgan fingerprint density at radius 2 is 1.87 bits per heavy atom. The first-order valence-electron chi connectivity index (χ1n) is 10.4. The summed E-state index contributed by atoms with van der Waals surface area (Å²) < 4.78 is 11.9. The van der Waals surface area contributed by atoms with Gasteiger partial charge in [0.15, 0.2) is 16.6 Å². The molecule has 0 aromatic heterocycles. The number of allylic oxidation sites excluding steroid dienone is 1. The molecular weight excluding hydrogens is 406 g/mol. The normalized spacial score (nSPS) is 16.3. The lowest BCUT2D eigenvalue weighted by atomic mass is 9.84. The topological polar surface area (TPSA) is 66.3 Å². The van der Waals surface area contributed by atoms with Gasteiger partial charge in [-0.2, -0.15) is 5.26 Å². The summed E-state index contributed by atoms with van der Waals surface area (Å²) in [5.41, 5.74) is 4.41. The smallest absolute Gasteiger partial charge is 0.171 e. The summed E-state index contributed by atoms with van der Waals surface area (Å²) in [6.07, 6.45) is 0. The van der Waals surface area contributed by atoms with Gasteiger partial charge in [0.1, 0.15) is 6.61 Å². The average Bonchev–Trinajstić information content (AvgIpc) is 2.72. The highest BCUT2D eigenvalue weighted by Crippen LogP contribution is 2.37. The van der Waals surface area contributed by atoms with Crippen LogP contribution in [-0.2, 0) is 6.61 Å². The monoisotopic (exact) mass is 435 g/mol. The number of rotatable bonds is 6. The van der Waals surface area contributed by atoms with E-state index in [-0.39, 0.29) is 11.5 Å². The Morgan fingerprint density at radius 1 is 1.10 bits per heavy atom. The van der Waals surface area contributed by atoms with Gasteiger partial charge in [-0.15, -0.1) is 0 Å². The number of benzene rings is 2. The number of ether oxygens (including phenoxy) is 2. The molecule has 31 heavy (non-hydrogen) atoms. The Labute approximate surface area is 190 Å². The Hall–Kier alpha value is -3.04. The van der Waals surface area contributed by atoms with Gasteiger partial charge in [0.05, 0.1) is 24.3 Å². The van der Waals surface area contributed by atoms with Crippen molar-refractivity contribution >= 4 is 17.3 Å². The Balaban J connectivity index is 1.94. The number of nitriles is 1. The van der Waals surface area contributed by atoms with Gasteiger partial charge in [-0.1, -0.05) is 56.7 Å². The first-order valence-corrected chi connectivity index (χ1v) is 10.8. The van der Waals surface area contributed by atoms with E-state index in [0.29, 0.717) is 35.4 Å². The van der Waals surface area contributed by atoms with E-state index in [9.17, 15) is 5.26 Å². The predicted molar refractivity (Wildman–Crippen MR) is 127 cm³/mol. The minimum Gasteiger partial charge on any atom is -0.490 e. The zero-order chi connectivity index (χ0) is 22.6. The molecule has 0 amide bonds. The molecule has 5 nitrogen and oxygen atoms in total. The molecule has 2 aromatic rings. The van der Waals surface area contributed by atoms with Crippen molar-refractivity contribution in [1.29, 1.82) is 5.26 Å². The second-order valence-corrected chi connectivity index (χ2v) is 9.01. The van der Waals surface area contributed by atoms with E-state index >= 15 is 0 Å². The molecule has 0 spiro atoms. The van der Waals surface area contributed by atoms with Crippen molar-refractivity contribution in [1.82, 2.24) is 10.6 Å². The molecule has 1 atom stereocenters. The number of nitrogens with zero attached hydrogens (tertiary/aromatic N) is 1. The molecule has 1 heterocycles. The molecule has 3 rings (SSSR count). The molecule has 0 bridgehead atoms. The zero-order valence-corrected chi connectivity index (χ0v) is 19.5. The van der Waals surface area contributed by atoms with Crippen molar-refractivity contribution in [2.45, 2.75) is 47.3 Å². The number of aryl methyl sites for hydroxylation is 1. The predicted octanol–water partition coefficient (Wildman–Crippen LogP) is 5.32. The van der Waals surface area contributed by atoms with Crippen molar-refractivity contribution in [3.8, 4) is 17.6 Å². The summed E-state index contributed by atoms with van der Waals surface area (Å²) in [5, 5.41) is 16.8. The Bertz CT molecular complexity index is 1050. The van der Waals surface area contributed by atoms with E-state index in [1.165, 1.54) is 5.56 Å². The summed E-state index contributed by atoms with van der Waals surface area (Å²) in [7, 11) is 0. The molecule has 0 unspecified atom stereocenters. The summed E-state index contributed by atoms with van der Waals surface area (Å²) in [4.78, 5) is 0. The van der Waals surface area contributed by atoms with Gasteiger partial charge in [-0.3, -0.25) is 0 Å². The standard InChI is InChI=1S/C25H29N3O2S/c1-6-29-21-13-18(10-11-20(21)30-15-17-9-7-8-16(2)12-17)22-19(14-26)23(25(3,4)5)28-24(31)27-22/h7-13,22H,6,15H2,1-5H3,(H2,27,28,31)/t22-/m0/s1. The summed E-state index contributed by atoms with van der Waals surface area (Å²) in [6, 6.07) is 16.0. The van der Waals surface area contributed by atoms with Crippen LogP contribution in [0.1, 0.15) is 50.4 Å². The maximum absolute atomic E-state index is 9.92. The molecule has 1 aliphatic rings. The van der Waals surface area contributed by atoms with Gasteiger partial charge >= 0.3 is 0 Å². The van der Waals surface area contributed by atoms with Gasteiger partial charge in [0.2, 0.25) is 0 Å². The minimum atomic E-state index is -0.349. The van der Waals surface area contributed by atoms with Crippen LogP contribution in [0.2, 0.25) is 0 Å². The molecular formula is C25H29N3O2S. The van der Waals surface area contributed by atoms with E-state index < -0.39 is 0 Å². The highest BCUT2D eigenvalue weighted by atomic mass is 32.1. The van der Waals surface area contributed by atoms with Crippen LogP contribution in [0.5, 0.6) is 11.5 Å². The van der Waals surface area contributed by atoms with Gasteiger partial charge < -0.3 is 20.1 Å². The molecule has 0 saturated heterocycles. The second kappa shape index (κ2) is 9.40. The highest BCUT2D eigenvalue weighted by Gasteiger charge is 2.32. The largest absolute Gasteiger partial charge is 0.490 e. The fourth-order valence-corrected chi connectivity index (χ4v) is 3.80. The molecule has 6 heteroatoms. The van der Waals surface area contributed by atoms with Crippen LogP contribution in [0.4, 0.5) is 0 Å². The van der Waals surface area contributed by atoms with Crippen LogP contribution in [0.15, 0.2) is 53.7 Å². The van der Waals surface area contributed by atoms with Crippen LogP contribution in [0, 0.1) is 23.7 Å². The fraction of sp³-hybridized carbons (Fsp3) is 0.360. The average molecular weight is 436 g/mol. The third-order valence-electron chi connectivity index (χ3n) is 5.02. The number of nitrogens with one attached hydrogen (secondary N) is 2. The van der Waals surface area contributed by atoms with Crippen molar-refractivity contribution < 1.29 is 9.47 Å². The molecule has 0 fully saturated rings. The molecule has 2 aromatic carbocycles. The van der Waals surface area contributed by atoms with Crippen LogP contribution in [0.3, 0.4) is 0 Å². The first-order chi connectivity index (χ1) is 14.7. The number of thiocarbonyl (C=S) groups is 1. The van der Waals surface area contributed by atoms with E-state index in [2.05, 4.69) is 56.5 Å². The number of hydrogen-bond acceptors (Lipinski definition) is 4. The lowest BCUT2D eigenvalue weighted by molar-refractivity contribution is 0.269. The molecule has 0 aliphatic carbocycles. The third kappa shape index (κ3) is 5.36. The van der Waals surface area contributed by atoms with E-state index in [4.69, 9.17) is 21.7 Å². The Kier molecular flexibility index (Phi) is 6.87. The SMILES string of the molecule is CCOc1cc([C@@H]2NC(=S)NC(C(C)(C)C)=C2C#N)ccc1OCc1cccc(C)c1. The Morgan fingerprint density at radius 3 is 2.52 bits per heavy atom. The summed E-state index contributed by atoms with van der Waals surface area (Å²) >= 11 is 5.42.